The summed E-state index contributed by atoms with van der Waals surface area (Å²) in [6.07, 6.45) is 60.1. The third kappa shape index (κ3) is 87.0. The van der Waals surface area contributed by atoms with Crippen molar-refractivity contribution in [3.05, 3.63) is 120 Å². The van der Waals surface area contributed by atoms with Crippen molar-refractivity contribution in [2.45, 2.75) is 210 Å². The molecule has 1 N–H and O–H groups in total. The second-order valence-electron chi connectivity index (χ2n) is 16.5. The highest BCUT2D eigenvalue weighted by atomic mass is 127. The molecule has 0 spiro atoms. The smallest absolute Gasteiger partial charge is 0.160 e. The first-order valence-electron chi connectivity index (χ1n) is 29.3. The molecule has 9 nitrogen and oxygen atoms in total. The molecule has 0 radical (unpaired) electrons. The lowest BCUT2D eigenvalue weighted by Crippen LogP contribution is -2.22. The molecule has 3 fully saturated rings. The first-order valence-corrected chi connectivity index (χ1v) is 31.7. The van der Waals surface area contributed by atoms with Gasteiger partial charge in [0.15, 0.2) is 18.9 Å². The molecule has 3 aliphatic rings. The second kappa shape index (κ2) is 85.4. The molecule has 3 heterocycles. The Morgan fingerprint density at radius 1 is 0.577 bits per heavy atom. The van der Waals surface area contributed by atoms with Crippen LogP contribution in [0.1, 0.15) is 191 Å². The van der Waals surface area contributed by atoms with Crippen LogP contribution in [0.3, 0.4) is 0 Å². The van der Waals surface area contributed by atoms with Crippen LogP contribution < -0.4 is 0 Å². The van der Waals surface area contributed by atoms with Crippen molar-refractivity contribution >= 4 is 44.8 Å². The minimum Gasteiger partial charge on any atom is -0.396 e. The molecule has 78 heavy (non-hydrogen) atoms. The quantitative estimate of drug-likeness (QED) is 0.0156. The van der Waals surface area contributed by atoms with Gasteiger partial charge < -0.3 is 43.1 Å². The number of aldehydes is 1. The van der Waals surface area contributed by atoms with Gasteiger partial charge in [-0.3, -0.25) is 0 Å². The molecule has 3 saturated heterocycles. The van der Waals surface area contributed by atoms with Gasteiger partial charge in [0, 0.05) is 77.3 Å². The molecule has 2 unspecified atom stereocenters. The highest BCUT2D eigenvalue weighted by Crippen LogP contribution is 2.14. The van der Waals surface area contributed by atoms with Crippen molar-refractivity contribution in [1.82, 2.24) is 0 Å². The first-order chi connectivity index (χ1) is 38.4. The number of hydrogen-bond acceptors (Lipinski definition) is 9. The van der Waals surface area contributed by atoms with Gasteiger partial charge in [0.25, 0.3) is 0 Å². The van der Waals surface area contributed by atoms with E-state index in [2.05, 4.69) is 165 Å². The fourth-order valence-corrected chi connectivity index (χ4v) is 6.36. The summed E-state index contributed by atoms with van der Waals surface area (Å²) in [4.78, 5) is 9.76. The number of ether oxygens (including phenoxy) is 7. The number of rotatable bonds is 28. The number of aliphatic hydroxyl groups excluding tert-OH is 1. The zero-order valence-electron chi connectivity index (χ0n) is 50.5. The van der Waals surface area contributed by atoms with E-state index in [0.717, 1.165) is 122 Å². The summed E-state index contributed by atoms with van der Waals surface area (Å²) in [5.74, 6) is 11.8. The maximum Gasteiger partial charge on any atom is 0.160 e. The highest BCUT2D eigenvalue weighted by molar-refractivity contribution is 14.1. The van der Waals surface area contributed by atoms with Crippen molar-refractivity contribution in [3.8, 4) is 23.7 Å². The Balaban J connectivity index is -0.000000266. The highest BCUT2D eigenvalue weighted by Gasteiger charge is 2.13. The van der Waals surface area contributed by atoms with Crippen LogP contribution in [0.15, 0.2) is 120 Å². The van der Waals surface area contributed by atoms with Gasteiger partial charge in [-0.2, -0.15) is 0 Å². The van der Waals surface area contributed by atoms with Gasteiger partial charge in [-0.05, 0) is 134 Å². The van der Waals surface area contributed by atoms with Crippen molar-refractivity contribution in [3.63, 3.8) is 0 Å². The third-order valence-corrected chi connectivity index (χ3v) is 10.5. The number of halogens is 2. The summed E-state index contributed by atoms with van der Waals surface area (Å²) in [7, 11) is 0. The molecule has 0 amide bonds. The molecule has 0 aromatic carbocycles. The predicted octanol–water partition coefficient (Wildman–Crippen LogP) is 18.6. The van der Waals surface area contributed by atoms with Gasteiger partial charge in [0.2, 0.25) is 0 Å². The summed E-state index contributed by atoms with van der Waals surface area (Å²) < 4.78 is 39.6. The molecule has 3 rings (SSSR count). The Labute approximate surface area is 502 Å². The average molecular weight is 1270 g/mol. The summed E-state index contributed by atoms with van der Waals surface area (Å²) in [6.45, 7) is 25.2. The number of aliphatic hydroxyl groups is 1. The van der Waals surface area contributed by atoms with E-state index >= 15 is 0 Å². The van der Waals surface area contributed by atoms with Crippen LogP contribution in [-0.2, 0) is 38.0 Å². The normalized spacial score (nSPS) is 16.0. The summed E-state index contributed by atoms with van der Waals surface area (Å²) >= 11 is 5.55. The Hall–Kier alpha value is -2.92. The lowest BCUT2D eigenvalue weighted by molar-refractivity contribution is -0.161. The van der Waals surface area contributed by atoms with Crippen LogP contribution in [0.4, 0.5) is 0 Å². The van der Waals surface area contributed by atoms with Gasteiger partial charge in [-0.1, -0.05) is 201 Å². The molecule has 3 aliphatic heterocycles. The molecule has 448 valence electrons. The van der Waals surface area contributed by atoms with Gasteiger partial charge >= 0.3 is 0 Å². The van der Waals surface area contributed by atoms with Gasteiger partial charge in [0.1, 0.15) is 6.29 Å². The second-order valence-corrected chi connectivity index (χ2v) is 18.0. The monoisotopic (exact) mass is 1270 g/mol. The lowest BCUT2D eigenvalue weighted by atomic mass is 10.2. The van der Waals surface area contributed by atoms with Crippen molar-refractivity contribution in [2.24, 2.45) is 0 Å². The molecule has 0 aromatic rings. The van der Waals surface area contributed by atoms with Crippen LogP contribution in [-0.4, -0.2) is 95.1 Å². The molecule has 0 aliphatic carbocycles. The molecule has 2 atom stereocenters. The van der Waals surface area contributed by atoms with Crippen LogP contribution >= 0.6 is 38.5 Å². The zero-order chi connectivity index (χ0) is 58.6. The van der Waals surface area contributed by atoms with E-state index in [-0.39, 0.29) is 25.5 Å². The predicted molar refractivity (Wildman–Crippen MR) is 349 cm³/mol. The van der Waals surface area contributed by atoms with E-state index in [1.165, 1.54) is 38.5 Å². The third-order valence-electron chi connectivity index (χ3n) is 9.52. The first kappa shape index (κ1) is 83.9. The van der Waals surface area contributed by atoms with Crippen LogP contribution in [0.5, 0.6) is 0 Å². The molecular weight excluding hydrogens is 1160 g/mol. The number of carbonyl (C=O) groups excluding carboxylic acids is 1. The maximum atomic E-state index is 9.76. The van der Waals surface area contributed by atoms with Crippen molar-refractivity contribution < 1.29 is 43.1 Å². The van der Waals surface area contributed by atoms with E-state index in [1.807, 2.05) is 79.5 Å². The molecule has 0 saturated carbocycles. The van der Waals surface area contributed by atoms with Crippen LogP contribution in [0, 0.1) is 23.7 Å². The zero-order valence-corrected chi connectivity index (χ0v) is 54.3. The minimum atomic E-state index is -0.0868. The largest absolute Gasteiger partial charge is 0.396 e. The van der Waals surface area contributed by atoms with E-state index < -0.39 is 0 Å². The lowest BCUT2D eigenvalue weighted by Gasteiger charge is -2.22. The fraction of sp³-hybridized carbons (Fsp3) is 0.627. The van der Waals surface area contributed by atoms with E-state index in [1.54, 1.807) is 0 Å². The number of allylic oxidation sites excluding steroid dienone is 17. The van der Waals surface area contributed by atoms with E-state index in [0.29, 0.717) is 32.8 Å². The maximum absolute atomic E-state index is 9.76. The fourth-order valence-electron chi connectivity index (χ4n) is 5.58. The Morgan fingerprint density at radius 3 is 1.40 bits per heavy atom. The van der Waals surface area contributed by atoms with E-state index in [9.17, 15) is 4.79 Å². The van der Waals surface area contributed by atoms with Crippen LogP contribution in [0.25, 0.3) is 0 Å². The SMILES string of the molecule is C1CCOC1.CC#CCCOC1CCCCO1.CC/C=C/C#CCCOC1CCCCO1.CC/C=C/C=C\CC(OCC)OCC.CC/C=C/C=C\CC=O.CC/C=C/C=C\CCBr.CC/C=C/C=C\CCO.CC/C=C/I. The standard InChI is InChI=1S/C13H20O2.C12H22O2.C10H16O2.C8H13Br.C8H14O.C8H12O.C4H7I.C4H8O/c1-2-3-4-5-6-8-11-14-13-10-7-9-12-15-13;1-4-7-8-9-10-11-12(13-5-2)14-6-3;1-2-3-5-8-11-10-7-4-6-9-12-10;3*1-2-3-4-5-6-7-8-9;1-2-3-4-5;1-2-4-5-3-1/h3-4,13H,2,7-12H2,1H3;7-10,12H,4-6,11H2,1-3H3;10H,4-9H2,1H3;3-6H,2,7-8H2,1H3;3-6,9H,2,7-8H2,1H3;3-6,8H,2,7H2,1H3;3-4H,2H2,1H3;1-4H2/b4-3+;8-7+,10-9-;;3*4-3+,6-5-;4-3+;. The molecule has 0 bridgehead atoms. The molecule has 0 aromatic heterocycles. The van der Waals surface area contributed by atoms with Crippen LogP contribution in [0.2, 0.25) is 0 Å². The van der Waals surface area contributed by atoms with Gasteiger partial charge in [0.05, 0.1) is 13.2 Å². The average Bonchev–Trinajstić information content (AvgIpc) is 4.07. The topological polar surface area (TPSA) is 102 Å². The summed E-state index contributed by atoms with van der Waals surface area (Å²) in [5, 5.41) is 9.41. The minimum absolute atomic E-state index is 0.0201. The van der Waals surface area contributed by atoms with Gasteiger partial charge in [-0.15, -0.1) is 11.8 Å². The van der Waals surface area contributed by atoms with Crippen molar-refractivity contribution in [2.75, 3.05) is 64.8 Å². The number of hydrogen-bond donors (Lipinski definition) is 1. The van der Waals surface area contributed by atoms with E-state index in [4.69, 9.17) is 38.3 Å². The van der Waals surface area contributed by atoms with Crippen molar-refractivity contribution in [1.29, 1.82) is 0 Å². The van der Waals surface area contributed by atoms with Gasteiger partial charge in [-0.25, -0.2) is 0 Å². The Bertz CT molecular complexity index is 1540. The summed E-state index contributed by atoms with van der Waals surface area (Å²) in [6, 6.07) is 0. The number of alkyl halides is 1. The number of carbonyl (C=O) groups is 1. The summed E-state index contributed by atoms with van der Waals surface area (Å²) in [5.41, 5.74) is 0. The molecular formula is C67H112BrIO9. The molecule has 11 heteroatoms. The Kier molecular flexibility index (Phi) is 91.8. The Morgan fingerprint density at radius 2 is 1.03 bits per heavy atom.